The van der Waals surface area contributed by atoms with E-state index in [9.17, 15) is 18.9 Å². The summed E-state index contributed by atoms with van der Waals surface area (Å²) in [6.45, 7) is 0. The van der Waals surface area contributed by atoms with Crippen molar-refractivity contribution in [3.63, 3.8) is 0 Å². The molecule has 2 aromatic rings. The third kappa shape index (κ3) is 3.14. The Balaban J connectivity index is 2.44. The standard InChI is InChI=1S/C13H5BrF2N2O3/c14-8-3-10(15)13(16)12(4-8)21-9-2-1-7(6-17)11(5-9)18(19)20/h1-5H. The average molecular weight is 355 g/mol. The Morgan fingerprint density at radius 1 is 1.29 bits per heavy atom. The molecule has 2 aromatic carbocycles. The minimum absolute atomic E-state index is 0.0860. The van der Waals surface area contributed by atoms with Crippen LogP contribution in [-0.4, -0.2) is 4.92 Å². The van der Waals surface area contributed by atoms with E-state index in [0.717, 1.165) is 12.1 Å². The molecule has 0 bridgehead atoms. The predicted octanol–water partition coefficient (Wildman–Crippen LogP) is 4.30. The van der Waals surface area contributed by atoms with Gasteiger partial charge in [0.25, 0.3) is 5.69 Å². The molecule has 0 fully saturated rings. The molecule has 106 valence electrons. The molecule has 0 aliphatic carbocycles. The van der Waals surface area contributed by atoms with Crippen LogP contribution >= 0.6 is 15.9 Å². The summed E-state index contributed by atoms with van der Waals surface area (Å²) in [5.41, 5.74) is -0.640. The predicted molar refractivity (Wildman–Crippen MR) is 71.9 cm³/mol. The van der Waals surface area contributed by atoms with E-state index in [2.05, 4.69) is 15.9 Å². The highest BCUT2D eigenvalue weighted by atomic mass is 79.9. The maximum atomic E-state index is 13.6. The van der Waals surface area contributed by atoms with E-state index in [0.29, 0.717) is 0 Å². The zero-order valence-electron chi connectivity index (χ0n) is 10.1. The number of nitro groups is 1. The van der Waals surface area contributed by atoms with E-state index in [1.54, 1.807) is 6.07 Å². The molecule has 0 radical (unpaired) electrons. The van der Waals surface area contributed by atoms with Crippen LogP contribution < -0.4 is 4.74 Å². The molecule has 0 aliphatic rings. The molecule has 0 heterocycles. The van der Waals surface area contributed by atoms with Gasteiger partial charge in [0, 0.05) is 4.47 Å². The van der Waals surface area contributed by atoms with E-state index in [1.807, 2.05) is 0 Å². The summed E-state index contributed by atoms with van der Waals surface area (Å²) >= 11 is 2.98. The van der Waals surface area contributed by atoms with Crippen LogP contribution in [0.25, 0.3) is 0 Å². The Hall–Kier alpha value is -2.53. The van der Waals surface area contributed by atoms with Crippen molar-refractivity contribution in [3.05, 3.63) is 62.1 Å². The number of nitro benzene ring substituents is 1. The van der Waals surface area contributed by atoms with Gasteiger partial charge in [-0.3, -0.25) is 10.1 Å². The van der Waals surface area contributed by atoms with Crippen molar-refractivity contribution in [2.75, 3.05) is 0 Å². The quantitative estimate of drug-likeness (QED) is 0.467. The second-order valence-electron chi connectivity index (χ2n) is 3.85. The number of halogens is 3. The Labute approximate surface area is 125 Å². The molecule has 0 aromatic heterocycles. The Morgan fingerprint density at radius 2 is 2.00 bits per heavy atom. The minimum Gasteiger partial charge on any atom is -0.454 e. The molecule has 0 saturated heterocycles. The molecule has 0 amide bonds. The first-order valence-electron chi connectivity index (χ1n) is 5.43. The minimum atomic E-state index is -1.22. The van der Waals surface area contributed by atoms with Crippen molar-refractivity contribution in [2.45, 2.75) is 0 Å². The third-order valence-corrected chi connectivity index (χ3v) is 2.93. The first kappa shape index (κ1) is 14.9. The zero-order chi connectivity index (χ0) is 15.6. The van der Waals surface area contributed by atoms with Gasteiger partial charge in [0.15, 0.2) is 11.6 Å². The Morgan fingerprint density at radius 3 is 2.62 bits per heavy atom. The largest absolute Gasteiger partial charge is 0.454 e. The molecule has 2 rings (SSSR count). The van der Waals surface area contributed by atoms with Gasteiger partial charge in [0.2, 0.25) is 5.82 Å². The molecule has 0 unspecified atom stereocenters. The number of benzene rings is 2. The SMILES string of the molecule is N#Cc1ccc(Oc2cc(Br)cc(F)c2F)cc1[N+](=O)[O-]. The van der Waals surface area contributed by atoms with E-state index in [4.69, 9.17) is 10.00 Å². The van der Waals surface area contributed by atoms with Gasteiger partial charge in [-0.15, -0.1) is 0 Å². The molecular weight excluding hydrogens is 350 g/mol. The van der Waals surface area contributed by atoms with Crippen molar-refractivity contribution in [1.29, 1.82) is 5.26 Å². The van der Waals surface area contributed by atoms with Gasteiger partial charge in [-0.1, -0.05) is 15.9 Å². The summed E-state index contributed by atoms with van der Waals surface area (Å²) in [6.07, 6.45) is 0. The topological polar surface area (TPSA) is 76.2 Å². The summed E-state index contributed by atoms with van der Waals surface area (Å²) in [5, 5.41) is 19.6. The second-order valence-corrected chi connectivity index (χ2v) is 4.77. The van der Waals surface area contributed by atoms with Crippen molar-refractivity contribution >= 4 is 21.6 Å². The summed E-state index contributed by atoms with van der Waals surface area (Å²) in [5.74, 6) is -2.86. The molecule has 8 heteroatoms. The molecule has 0 atom stereocenters. The van der Waals surface area contributed by atoms with E-state index in [1.165, 1.54) is 18.2 Å². The molecular formula is C13H5BrF2N2O3. The summed E-state index contributed by atoms with van der Waals surface area (Å²) in [6, 6.07) is 7.15. The Kier molecular flexibility index (Phi) is 4.14. The van der Waals surface area contributed by atoms with Crippen LogP contribution in [0.15, 0.2) is 34.8 Å². The van der Waals surface area contributed by atoms with E-state index in [-0.39, 0.29) is 15.8 Å². The molecule has 0 aliphatic heterocycles. The van der Waals surface area contributed by atoms with Crippen LogP contribution in [-0.2, 0) is 0 Å². The third-order valence-electron chi connectivity index (χ3n) is 2.47. The highest BCUT2D eigenvalue weighted by molar-refractivity contribution is 9.10. The lowest BCUT2D eigenvalue weighted by Crippen LogP contribution is -1.95. The number of nitrogens with zero attached hydrogens (tertiary/aromatic N) is 2. The molecule has 0 spiro atoms. The lowest BCUT2D eigenvalue weighted by molar-refractivity contribution is -0.385. The van der Waals surface area contributed by atoms with Crippen molar-refractivity contribution in [3.8, 4) is 17.6 Å². The van der Waals surface area contributed by atoms with E-state index < -0.39 is 28.0 Å². The lowest BCUT2D eigenvalue weighted by Gasteiger charge is -2.08. The van der Waals surface area contributed by atoms with Crippen LogP contribution in [0.3, 0.4) is 0 Å². The Bertz CT molecular complexity index is 775. The van der Waals surface area contributed by atoms with Gasteiger partial charge in [-0.2, -0.15) is 9.65 Å². The van der Waals surface area contributed by atoms with Gasteiger partial charge in [-0.25, -0.2) is 4.39 Å². The normalized spacial score (nSPS) is 10.0. The smallest absolute Gasteiger partial charge is 0.290 e. The monoisotopic (exact) mass is 354 g/mol. The van der Waals surface area contributed by atoms with Crippen molar-refractivity contribution in [1.82, 2.24) is 0 Å². The van der Waals surface area contributed by atoms with Gasteiger partial charge in [0.1, 0.15) is 17.4 Å². The van der Waals surface area contributed by atoms with Crippen LogP contribution in [0.5, 0.6) is 11.5 Å². The summed E-state index contributed by atoms with van der Waals surface area (Å²) in [7, 11) is 0. The maximum absolute atomic E-state index is 13.6. The molecule has 5 nitrogen and oxygen atoms in total. The number of hydrogen-bond donors (Lipinski definition) is 0. The van der Waals surface area contributed by atoms with Crippen LogP contribution in [0, 0.1) is 33.1 Å². The first-order chi connectivity index (χ1) is 9.92. The van der Waals surface area contributed by atoms with Gasteiger partial charge in [0.05, 0.1) is 11.0 Å². The fourth-order valence-corrected chi connectivity index (χ4v) is 1.96. The van der Waals surface area contributed by atoms with Crippen LogP contribution in [0.2, 0.25) is 0 Å². The highest BCUT2D eigenvalue weighted by Gasteiger charge is 2.17. The number of nitriles is 1. The van der Waals surface area contributed by atoms with Gasteiger partial charge < -0.3 is 4.74 Å². The molecule has 0 saturated carbocycles. The number of rotatable bonds is 3. The van der Waals surface area contributed by atoms with Crippen LogP contribution in [0.4, 0.5) is 14.5 Å². The first-order valence-corrected chi connectivity index (χ1v) is 6.22. The maximum Gasteiger partial charge on any atom is 0.290 e. The fraction of sp³-hybridized carbons (Fsp3) is 0. The second kappa shape index (κ2) is 5.85. The number of hydrogen-bond acceptors (Lipinski definition) is 4. The lowest BCUT2D eigenvalue weighted by atomic mass is 10.2. The van der Waals surface area contributed by atoms with Crippen LogP contribution in [0.1, 0.15) is 5.56 Å². The number of ether oxygens (including phenoxy) is 1. The van der Waals surface area contributed by atoms with Crippen molar-refractivity contribution < 1.29 is 18.4 Å². The zero-order valence-corrected chi connectivity index (χ0v) is 11.7. The summed E-state index contributed by atoms with van der Waals surface area (Å²) in [4.78, 5) is 10.1. The summed E-state index contributed by atoms with van der Waals surface area (Å²) < 4.78 is 32.1. The van der Waals surface area contributed by atoms with Crippen molar-refractivity contribution in [2.24, 2.45) is 0 Å². The van der Waals surface area contributed by atoms with Gasteiger partial charge in [-0.05, 0) is 24.3 Å². The van der Waals surface area contributed by atoms with Gasteiger partial charge >= 0.3 is 0 Å². The average Bonchev–Trinajstić information content (AvgIpc) is 2.44. The van der Waals surface area contributed by atoms with E-state index >= 15 is 0 Å². The molecule has 21 heavy (non-hydrogen) atoms. The molecule has 0 N–H and O–H groups in total. The highest BCUT2D eigenvalue weighted by Crippen LogP contribution is 2.32. The fourth-order valence-electron chi connectivity index (χ4n) is 1.55.